The molecule has 0 saturated carbocycles. The number of benzene rings is 1. The van der Waals surface area contributed by atoms with Crippen molar-refractivity contribution in [3.63, 3.8) is 0 Å². The molecular formula is C20H30FN3O4S2. The Bertz CT molecular complexity index is 885. The molecule has 7 nitrogen and oxygen atoms in total. The van der Waals surface area contributed by atoms with E-state index in [2.05, 4.69) is 10.0 Å². The molecule has 30 heavy (non-hydrogen) atoms. The average molecular weight is 460 g/mol. The Morgan fingerprint density at radius 2 is 2.00 bits per heavy atom. The third-order valence-corrected chi connectivity index (χ3v) is 6.21. The van der Waals surface area contributed by atoms with E-state index >= 15 is 0 Å². The van der Waals surface area contributed by atoms with E-state index in [9.17, 15) is 17.6 Å². The van der Waals surface area contributed by atoms with Crippen molar-refractivity contribution in [2.45, 2.75) is 58.6 Å². The first-order chi connectivity index (χ1) is 13.9. The summed E-state index contributed by atoms with van der Waals surface area (Å²) < 4.78 is 47.0. The largest absolute Gasteiger partial charge is 0.485 e. The topological polar surface area (TPSA) is 87.7 Å². The molecule has 2 N–H and O–H groups in total. The van der Waals surface area contributed by atoms with E-state index in [1.165, 1.54) is 12.1 Å². The van der Waals surface area contributed by atoms with Crippen LogP contribution in [0, 0.1) is 5.82 Å². The van der Waals surface area contributed by atoms with Crippen LogP contribution in [-0.2, 0) is 10.0 Å². The molecule has 0 bridgehead atoms. The van der Waals surface area contributed by atoms with E-state index in [1.807, 2.05) is 20.8 Å². The molecule has 0 radical (unpaired) electrons. The minimum atomic E-state index is -3.50. The third kappa shape index (κ3) is 7.81. The van der Waals surface area contributed by atoms with Crippen molar-refractivity contribution in [1.82, 2.24) is 14.9 Å². The van der Waals surface area contributed by atoms with Crippen molar-refractivity contribution >= 4 is 33.3 Å². The zero-order valence-corrected chi connectivity index (χ0v) is 19.5. The van der Waals surface area contributed by atoms with Gasteiger partial charge in [-0.3, -0.25) is 0 Å². The van der Waals surface area contributed by atoms with Gasteiger partial charge in [0, 0.05) is 12.6 Å². The van der Waals surface area contributed by atoms with Crippen molar-refractivity contribution in [1.29, 1.82) is 0 Å². The number of hydrogen-bond donors (Lipinski definition) is 2. The summed E-state index contributed by atoms with van der Waals surface area (Å²) in [6.45, 7) is 8.12. The van der Waals surface area contributed by atoms with E-state index < -0.39 is 27.5 Å². The minimum absolute atomic E-state index is 0.0194. The van der Waals surface area contributed by atoms with Crippen molar-refractivity contribution in [2.24, 2.45) is 0 Å². The number of ether oxygens (including phenoxy) is 1. The lowest BCUT2D eigenvalue weighted by Gasteiger charge is -2.23. The van der Waals surface area contributed by atoms with Crippen molar-refractivity contribution in [3.8, 4) is 5.75 Å². The second-order valence-electron chi connectivity index (χ2n) is 8.40. The number of amides is 2. The number of nitrogens with zero attached hydrogens (tertiary/aromatic N) is 1. The molecule has 168 valence electrons. The standard InChI is InChI=1S/C20H30FN3O4S2/c1-14(15-8-9-16(21)17(12-15)28-20(2,3)4)23-30(26,27)11-7-5-6-10-24-13-18(29)22-19(24)25/h8-9,12,14,23H,5-7,10-11,13H2,1-4H3,(H,22,25,29)/t14-/m1/s1. The molecule has 1 aliphatic heterocycles. The highest BCUT2D eigenvalue weighted by Crippen LogP contribution is 2.26. The number of unbranched alkanes of at least 4 members (excludes halogenated alkanes) is 2. The molecule has 2 rings (SSSR count). The maximum absolute atomic E-state index is 14.0. The van der Waals surface area contributed by atoms with Crippen LogP contribution in [0.3, 0.4) is 0 Å². The molecule has 0 aromatic heterocycles. The zero-order chi connectivity index (χ0) is 22.5. The quantitative estimate of drug-likeness (QED) is 0.413. The first kappa shape index (κ1) is 24.5. The molecule has 1 fully saturated rings. The zero-order valence-electron chi connectivity index (χ0n) is 17.8. The summed E-state index contributed by atoms with van der Waals surface area (Å²) in [5.74, 6) is -0.415. The summed E-state index contributed by atoms with van der Waals surface area (Å²) in [6.07, 6.45) is 1.85. The van der Waals surface area contributed by atoms with Crippen LogP contribution < -0.4 is 14.8 Å². The SMILES string of the molecule is C[C@@H](NS(=O)(=O)CCCCCN1CC(=S)NC1=O)c1ccc(F)c(OC(C)(C)C)c1. The van der Waals surface area contributed by atoms with Crippen LogP contribution in [0.2, 0.25) is 0 Å². The highest BCUT2D eigenvalue weighted by atomic mass is 32.2. The Hall–Kier alpha value is -1.78. The van der Waals surface area contributed by atoms with Gasteiger partial charge in [-0.2, -0.15) is 0 Å². The lowest BCUT2D eigenvalue weighted by molar-refractivity contribution is 0.124. The molecule has 10 heteroatoms. The van der Waals surface area contributed by atoms with Crippen molar-refractivity contribution in [3.05, 3.63) is 29.6 Å². The summed E-state index contributed by atoms with van der Waals surface area (Å²) in [6, 6.07) is 3.63. The minimum Gasteiger partial charge on any atom is -0.485 e. The normalized spacial score (nSPS) is 16.0. The van der Waals surface area contributed by atoms with Gasteiger partial charge in [-0.05, 0) is 58.2 Å². The third-order valence-electron chi connectivity index (χ3n) is 4.44. The van der Waals surface area contributed by atoms with Crippen molar-refractivity contribution in [2.75, 3.05) is 18.8 Å². The molecule has 1 atom stereocenters. The predicted molar refractivity (Wildman–Crippen MR) is 119 cm³/mol. The maximum atomic E-state index is 14.0. The van der Waals surface area contributed by atoms with E-state index in [0.717, 1.165) is 0 Å². The van der Waals surface area contributed by atoms with Gasteiger partial charge < -0.3 is 15.0 Å². The van der Waals surface area contributed by atoms with Crippen LogP contribution in [0.4, 0.5) is 9.18 Å². The first-order valence-electron chi connectivity index (χ1n) is 9.93. The van der Waals surface area contributed by atoms with Gasteiger partial charge in [-0.1, -0.05) is 24.7 Å². The van der Waals surface area contributed by atoms with Gasteiger partial charge >= 0.3 is 6.03 Å². The molecule has 1 aromatic carbocycles. The number of urea groups is 1. The Morgan fingerprint density at radius 3 is 2.60 bits per heavy atom. The van der Waals surface area contributed by atoms with Crippen LogP contribution in [0.25, 0.3) is 0 Å². The summed E-state index contributed by atoms with van der Waals surface area (Å²) >= 11 is 4.96. The van der Waals surface area contributed by atoms with Gasteiger partial charge in [0.15, 0.2) is 11.6 Å². The number of carbonyl (C=O) groups excluding carboxylic acids is 1. The van der Waals surface area contributed by atoms with Gasteiger partial charge in [-0.15, -0.1) is 0 Å². The molecule has 2 amide bonds. The van der Waals surface area contributed by atoms with E-state index in [-0.39, 0.29) is 17.5 Å². The van der Waals surface area contributed by atoms with Gasteiger partial charge in [0.2, 0.25) is 10.0 Å². The predicted octanol–water partition coefficient (Wildman–Crippen LogP) is 3.51. The number of sulfonamides is 1. The number of nitrogens with one attached hydrogen (secondary N) is 2. The highest BCUT2D eigenvalue weighted by Gasteiger charge is 2.23. The second-order valence-corrected chi connectivity index (χ2v) is 10.8. The summed E-state index contributed by atoms with van der Waals surface area (Å²) in [7, 11) is -3.50. The highest BCUT2D eigenvalue weighted by molar-refractivity contribution is 7.89. The summed E-state index contributed by atoms with van der Waals surface area (Å²) in [5.41, 5.74) is 0.0540. The van der Waals surface area contributed by atoms with Crippen LogP contribution in [0.15, 0.2) is 18.2 Å². The lowest BCUT2D eigenvalue weighted by Crippen LogP contribution is -2.30. The fourth-order valence-electron chi connectivity index (χ4n) is 3.03. The number of carbonyl (C=O) groups is 1. The second kappa shape index (κ2) is 10.0. The Kier molecular flexibility index (Phi) is 8.18. The molecule has 0 spiro atoms. The smallest absolute Gasteiger partial charge is 0.322 e. The number of hydrogen-bond acceptors (Lipinski definition) is 5. The molecule has 0 unspecified atom stereocenters. The van der Waals surface area contributed by atoms with Crippen LogP contribution in [0.5, 0.6) is 5.75 Å². The Balaban J connectivity index is 1.82. The molecule has 1 saturated heterocycles. The number of halogens is 1. The molecule has 1 aromatic rings. The van der Waals surface area contributed by atoms with Crippen LogP contribution in [0.1, 0.15) is 58.6 Å². The summed E-state index contributed by atoms with van der Waals surface area (Å²) in [5, 5.41) is 2.57. The monoisotopic (exact) mass is 459 g/mol. The Labute approximate surface area is 183 Å². The number of rotatable bonds is 10. The molecule has 0 aliphatic carbocycles. The van der Waals surface area contributed by atoms with Crippen LogP contribution >= 0.6 is 12.2 Å². The van der Waals surface area contributed by atoms with Gasteiger partial charge in [0.25, 0.3) is 0 Å². The van der Waals surface area contributed by atoms with Crippen molar-refractivity contribution < 1.29 is 22.3 Å². The Morgan fingerprint density at radius 1 is 1.30 bits per heavy atom. The molecule has 1 aliphatic rings. The van der Waals surface area contributed by atoms with Gasteiger partial charge in [0.1, 0.15) is 10.6 Å². The molecular weight excluding hydrogens is 429 g/mol. The lowest BCUT2D eigenvalue weighted by atomic mass is 10.1. The van der Waals surface area contributed by atoms with E-state index in [4.69, 9.17) is 17.0 Å². The maximum Gasteiger partial charge on any atom is 0.322 e. The van der Waals surface area contributed by atoms with Gasteiger partial charge in [-0.25, -0.2) is 22.3 Å². The number of thiocarbonyl (C=S) groups is 1. The van der Waals surface area contributed by atoms with E-state index in [1.54, 1.807) is 17.9 Å². The fourth-order valence-corrected chi connectivity index (χ4v) is 4.65. The average Bonchev–Trinajstić information content (AvgIpc) is 2.92. The fraction of sp³-hybridized carbons (Fsp3) is 0.600. The summed E-state index contributed by atoms with van der Waals surface area (Å²) in [4.78, 5) is 13.7. The van der Waals surface area contributed by atoms with Gasteiger partial charge in [0.05, 0.1) is 12.3 Å². The van der Waals surface area contributed by atoms with E-state index in [0.29, 0.717) is 42.9 Å². The van der Waals surface area contributed by atoms with Crippen LogP contribution in [-0.4, -0.2) is 48.8 Å². The molecule has 1 heterocycles. The first-order valence-corrected chi connectivity index (χ1v) is 12.0.